The Balaban J connectivity index is 2.48. The molecule has 1 amide bonds. The van der Waals surface area contributed by atoms with Gasteiger partial charge in [-0.1, -0.05) is 31.5 Å². The van der Waals surface area contributed by atoms with Gasteiger partial charge in [-0.15, -0.1) is 0 Å². The normalized spacial score (nSPS) is 10.8. The predicted molar refractivity (Wildman–Crippen MR) is 86.5 cm³/mol. The van der Waals surface area contributed by atoms with E-state index in [-0.39, 0.29) is 5.91 Å². The molecule has 0 aliphatic carbocycles. The molecule has 112 valence electrons. The zero-order valence-corrected chi connectivity index (χ0v) is 13.5. The number of hydrogen-bond donors (Lipinski definition) is 1. The maximum Gasteiger partial charge on any atom is 0.225 e. The van der Waals surface area contributed by atoms with Crippen LogP contribution in [0.1, 0.15) is 38.7 Å². The Morgan fingerprint density at radius 2 is 1.85 bits per heavy atom. The molecule has 0 fully saturated rings. The molecule has 4 heteroatoms. The van der Waals surface area contributed by atoms with Crippen molar-refractivity contribution in [3.8, 4) is 0 Å². The minimum Gasteiger partial charge on any atom is -0.326 e. The second-order valence-electron chi connectivity index (χ2n) is 5.05. The third-order valence-corrected chi connectivity index (χ3v) is 3.69. The van der Waals surface area contributed by atoms with Crippen molar-refractivity contribution < 1.29 is 4.79 Å². The summed E-state index contributed by atoms with van der Waals surface area (Å²) in [5, 5.41) is 3.62. The van der Waals surface area contributed by atoms with Crippen LogP contribution in [0.15, 0.2) is 18.2 Å². The zero-order chi connectivity index (χ0) is 15.0. The molecule has 1 N–H and O–H groups in total. The highest BCUT2D eigenvalue weighted by molar-refractivity contribution is 6.31. The molecule has 0 radical (unpaired) electrons. The van der Waals surface area contributed by atoms with E-state index in [0.717, 1.165) is 43.7 Å². The lowest BCUT2D eigenvalue weighted by molar-refractivity contribution is -0.116. The highest BCUT2D eigenvalue weighted by Crippen LogP contribution is 2.22. The minimum atomic E-state index is 0.0487. The molecule has 1 aromatic rings. The summed E-state index contributed by atoms with van der Waals surface area (Å²) < 4.78 is 0. The van der Waals surface area contributed by atoms with Gasteiger partial charge in [-0.3, -0.25) is 4.79 Å². The molecule has 0 unspecified atom stereocenters. The van der Waals surface area contributed by atoms with Crippen molar-refractivity contribution >= 4 is 23.2 Å². The first-order chi connectivity index (χ1) is 9.58. The number of anilines is 1. The van der Waals surface area contributed by atoms with Gasteiger partial charge in [0.15, 0.2) is 0 Å². The summed E-state index contributed by atoms with van der Waals surface area (Å²) in [5.41, 5.74) is 1.72. The molecule has 1 aromatic carbocycles. The van der Waals surface area contributed by atoms with Crippen molar-refractivity contribution in [1.29, 1.82) is 0 Å². The Hall–Kier alpha value is -1.06. The number of nitrogens with one attached hydrogen (secondary N) is 1. The smallest absolute Gasteiger partial charge is 0.225 e. The van der Waals surface area contributed by atoms with E-state index in [1.807, 2.05) is 25.1 Å². The molecule has 0 spiro atoms. The third-order valence-electron chi connectivity index (χ3n) is 3.28. The lowest BCUT2D eigenvalue weighted by Gasteiger charge is -2.20. The van der Waals surface area contributed by atoms with Crippen LogP contribution in [-0.2, 0) is 4.79 Å². The van der Waals surface area contributed by atoms with Crippen molar-refractivity contribution in [3.05, 3.63) is 28.8 Å². The van der Waals surface area contributed by atoms with Crippen LogP contribution in [-0.4, -0.2) is 30.4 Å². The molecule has 0 atom stereocenters. The Bertz CT molecular complexity index is 428. The lowest BCUT2D eigenvalue weighted by atomic mass is 10.2. The van der Waals surface area contributed by atoms with E-state index in [0.29, 0.717) is 11.4 Å². The second kappa shape index (κ2) is 8.98. The first-order valence-corrected chi connectivity index (χ1v) is 7.73. The van der Waals surface area contributed by atoms with Crippen LogP contribution < -0.4 is 5.32 Å². The summed E-state index contributed by atoms with van der Waals surface area (Å²) in [7, 11) is 0. The highest BCUT2D eigenvalue weighted by Gasteiger charge is 2.09. The lowest BCUT2D eigenvalue weighted by Crippen LogP contribution is -2.29. The quantitative estimate of drug-likeness (QED) is 0.783. The fourth-order valence-corrected chi connectivity index (χ4v) is 2.36. The van der Waals surface area contributed by atoms with E-state index in [4.69, 9.17) is 11.6 Å². The Morgan fingerprint density at radius 3 is 2.45 bits per heavy atom. The molecule has 0 heterocycles. The Kier molecular flexibility index (Phi) is 7.63. The SMILES string of the molecule is CCCN(CCC)CCC(=O)Nc1cccc(Cl)c1C. The molecular weight excluding hydrogens is 272 g/mol. The molecular formula is C16H25ClN2O. The molecule has 1 rings (SSSR count). The van der Waals surface area contributed by atoms with Gasteiger partial charge < -0.3 is 10.2 Å². The standard InChI is InChI=1S/C16H25ClN2O/c1-4-10-19(11-5-2)12-9-16(20)18-15-8-6-7-14(17)13(15)3/h6-8H,4-5,9-12H2,1-3H3,(H,18,20). The Labute approximate surface area is 127 Å². The fraction of sp³-hybridized carbons (Fsp3) is 0.562. The van der Waals surface area contributed by atoms with Gasteiger partial charge in [0.05, 0.1) is 0 Å². The van der Waals surface area contributed by atoms with Crippen LogP contribution in [0, 0.1) is 6.92 Å². The maximum absolute atomic E-state index is 12.0. The van der Waals surface area contributed by atoms with Crippen LogP contribution in [0.4, 0.5) is 5.69 Å². The summed E-state index contributed by atoms with van der Waals surface area (Å²) in [4.78, 5) is 14.3. The van der Waals surface area contributed by atoms with Crippen molar-refractivity contribution in [2.24, 2.45) is 0 Å². The number of amides is 1. The molecule has 0 bridgehead atoms. The van der Waals surface area contributed by atoms with Crippen LogP contribution in [0.3, 0.4) is 0 Å². The van der Waals surface area contributed by atoms with E-state index in [1.54, 1.807) is 0 Å². The number of benzene rings is 1. The molecule has 3 nitrogen and oxygen atoms in total. The van der Waals surface area contributed by atoms with E-state index < -0.39 is 0 Å². The van der Waals surface area contributed by atoms with Crippen LogP contribution in [0.2, 0.25) is 5.02 Å². The van der Waals surface area contributed by atoms with Crippen LogP contribution >= 0.6 is 11.6 Å². The monoisotopic (exact) mass is 296 g/mol. The van der Waals surface area contributed by atoms with Crippen molar-refractivity contribution in [2.45, 2.75) is 40.0 Å². The van der Waals surface area contributed by atoms with Gasteiger partial charge in [0.2, 0.25) is 5.91 Å². The summed E-state index contributed by atoms with van der Waals surface area (Å²) >= 11 is 6.05. The average Bonchev–Trinajstić information content (AvgIpc) is 2.42. The van der Waals surface area contributed by atoms with Crippen molar-refractivity contribution in [2.75, 3.05) is 25.0 Å². The largest absolute Gasteiger partial charge is 0.326 e. The molecule has 0 aromatic heterocycles. The van der Waals surface area contributed by atoms with Gasteiger partial charge in [0.25, 0.3) is 0 Å². The van der Waals surface area contributed by atoms with Gasteiger partial charge in [-0.05, 0) is 50.6 Å². The van der Waals surface area contributed by atoms with E-state index in [9.17, 15) is 4.79 Å². The maximum atomic E-state index is 12.0. The van der Waals surface area contributed by atoms with E-state index >= 15 is 0 Å². The first kappa shape index (κ1) is 17.0. The molecule has 0 aliphatic heterocycles. The number of rotatable bonds is 8. The molecule has 20 heavy (non-hydrogen) atoms. The first-order valence-electron chi connectivity index (χ1n) is 7.35. The number of nitrogens with zero attached hydrogens (tertiary/aromatic N) is 1. The number of carbonyl (C=O) groups excluding carboxylic acids is 1. The Morgan fingerprint density at radius 1 is 1.20 bits per heavy atom. The third kappa shape index (κ3) is 5.51. The summed E-state index contributed by atoms with van der Waals surface area (Å²) in [6, 6.07) is 5.57. The van der Waals surface area contributed by atoms with E-state index in [1.165, 1.54) is 0 Å². The van der Waals surface area contributed by atoms with Gasteiger partial charge >= 0.3 is 0 Å². The van der Waals surface area contributed by atoms with E-state index in [2.05, 4.69) is 24.1 Å². The zero-order valence-electron chi connectivity index (χ0n) is 12.7. The number of hydrogen-bond acceptors (Lipinski definition) is 2. The average molecular weight is 297 g/mol. The minimum absolute atomic E-state index is 0.0487. The summed E-state index contributed by atoms with van der Waals surface area (Å²) in [6.07, 6.45) is 2.76. The van der Waals surface area contributed by atoms with Gasteiger partial charge in [-0.2, -0.15) is 0 Å². The van der Waals surface area contributed by atoms with Gasteiger partial charge in [0.1, 0.15) is 0 Å². The molecule has 0 saturated carbocycles. The molecule has 0 saturated heterocycles. The number of halogens is 1. The van der Waals surface area contributed by atoms with Crippen LogP contribution in [0.25, 0.3) is 0 Å². The number of carbonyl (C=O) groups is 1. The second-order valence-corrected chi connectivity index (χ2v) is 5.46. The summed E-state index contributed by atoms with van der Waals surface area (Å²) in [5.74, 6) is 0.0487. The predicted octanol–water partition coefficient (Wildman–Crippen LogP) is 4.10. The van der Waals surface area contributed by atoms with Gasteiger partial charge in [-0.25, -0.2) is 0 Å². The van der Waals surface area contributed by atoms with Gasteiger partial charge in [0, 0.05) is 23.7 Å². The van der Waals surface area contributed by atoms with Crippen molar-refractivity contribution in [1.82, 2.24) is 4.90 Å². The molecule has 0 aliphatic rings. The summed E-state index contributed by atoms with van der Waals surface area (Å²) in [6.45, 7) is 9.16. The fourth-order valence-electron chi connectivity index (χ4n) is 2.18. The highest BCUT2D eigenvalue weighted by atomic mass is 35.5. The van der Waals surface area contributed by atoms with Crippen LogP contribution in [0.5, 0.6) is 0 Å². The van der Waals surface area contributed by atoms with Crippen molar-refractivity contribution in [3.63, 3.8) is 0 Å². The topological polar surface area (TPSA) is 32.3 Å².